The van der Waals surface area contributed by atoms with Crippen LogP contribution >= 0.6 is 10.3 Å². The van der Waals surface area contributed by atoms with Gasteiger partial charge in [0.1, 0.15) is 5.75 Å². The van der Waals surface area contributed by atoms with Crippen LogP contribution in [0, 0.1) is 17.8 Å². The molecule has 5 rings (SSSR count). The topological polar surface area (TPSA) is 52.6 Å². The van der Waals surface area contributed by atoms with Gasteiger partial charge in [0, 0.05) is 21.8 Å². The quantitative estimate of drug-likeness (QED) is 0.260. The highest BCUT2D eigenvalue weighted by Crippen LogP contribution is 2.66. The molecule has 230 valence electrons. The number of halogens is 9. The van der Waals surface area contributed by atoms with Gasteiger partial charge in [0.2, 0.25) is 0 Å². The fourth-order valence-electron chi connectivity index (χ4n) is 6.30. The molecule has 15 heteroatoms. The molecule has 0 N–H and O–H groups in total. The molecule has 1 heterocycles. The van der Waals surface area contributed by atoms with E-state index in [4.69, 9.17) is 8.37 Å². The third-order valence-corrected chi connectivity index (χ3v) is 14.1. The van der Waals surface area contributed by atoms with Gasteiger partial charge in [0.05, 0.1) is 6.61 Å². The van der Waals surface area contributed by atoms with Crippen molar-refractivity contribution in [1.82, 2.24) is 0 Å². The van der Waals surface area contributed by atoms with Gasteiger partial charge in [-0.3, -0.25) is 0 Å². The predicted octanol–water partition coefficient (Wildman–Crippen LogP) is 8.30. The maximum absolute atomic E-state index is 14.6. The molecule has 1 saturated heterocycles. The molecule has 2 aromatic carbocycles. The molecule has 2 aromatic rings. The normalized spacial score (nSPS) is 26.0. The van der Waals surface area contributed by atoms with Crippen molar-refractivity contribution in [3.8, 4) is 5.75 Å². The Balaban J connectivity index is 1.49. The first-order chi connectivity index (χ1) is 18.9. The number of hydrogen-bond acceptors (Lipinski definition) is 4. The molecule has 4 nitrogen and oxygen atoms in total. The van der Waals surface area contributed by atoms with Crippen LogP contribution in [-0.2, 0) is 13.7 Å². The Labute approximate surface area is 232 Å². The molecule has 41 heavy (non-hydrogen) atoms. The lowest BCUT2D eigenvalue weighted by atomic mass is 9.89. The maximum atomic E-state index is 14.6. The maximum Gasteiger partial charge on any atom is 0.460 e. The number of hydrogen-bond donors (Lipinski definition) is 0. The van der Waals surface area contributed by atoms with E-state index in [9.17, 15) is 47.9 Å². The number of benzene rings is 2. The summed E-state index contributed by atoms with van der Waals surface area (Å²) in [6, 6.07) is 9.24. The minimum Gasteiger partial charge on any atom is -0.493 e. The smallest absolute Gasteiger partial charge is 0.460 e. The van der Waals surface area contributed by atoms with Gasteiger partial charge in [-0.1, -0.05) is 41.0 Å². The highest BCUT2D eigenvalue weighted by atomic mass is 32.3. The summed E-state index contributed by atoms with van der Waals surface area (Å²) in [5.74, 6) is -13.1. The SMILES string of the molecule is O=S(=O)(OS1(c2ccc(OCC3CC4CCC3C4)c3ccccc23)CCCC1)C(F)(F)C(F)(F)C(F)(F)C(F)(F)F. The van der Waals surface area contributed by atoms with Crippen LogP contribution in [-0.4, -0.2) is 49.8 Å². The number of ether oxygens (including phenoxy) is 1. The Morgan fingerprint density at radius 1 is 0.805 bits per heavy atom. The van der Waals surface area contributed by atoms with Gasteiger partial charge in [-0.2, -0.15) is 47.9 Å². The lowest BCUT2D eigenvalue weighted by molar-refractivity contribution is -0.382. The molecular formula is C26H27F9O4S2. The zero-order chi connectivity index (χ0) is 30.1. The minimum absolute atomic E-state index is 0.0724. The predicted molar refractivity (Wildman–Crippen MR) is 134 cm³/mol. The summed E-state index contributed by atoms with van der Waals surface area (Å²) < 4.78 is 158. The molecule has 3 aliphatic rings. The zero-order valence-corrected chi connectivity index (χ0v) is 23.0. The van der Waals surface area contributed by atoms with Gasteiger partial charge in [-0.05, 0) is 67.4 Å². The fourth-order valence-corrected chi connectivity index (χ4v) is 12.2. The monoisotopic (exact) mass is 638 g/mol. The Hall–Kier alpha value is -1.87. The number of alkyl halides is 9. The van der Waals surface area contributed by atoms with Gasteiger partial charge in [-0.15, -0.1) is 0 Å². The molecule has 3 unspecified atom stereocenters. The van der Waals surface area contributed by atoms with Crippen molar-refractivity contribution in [2.75, 3.05) is 18.1 Å². The standard InChI is InChI=1S/C26H27F9O4S2/c27-23(28,25(31,32)33)24(29,30)26(34,35)41(36,37)39-40(11-3-4-12-40)22-10-9-21(19-5-1-2-6-20(19)22)38-15-18-14-16-7-8-17(18)13-16/h1-2,5-6,9-10,16-18H,3-4,7-8,11-15H2. The van der Waals surface area contributed by atoms with Crippen LogP contribution in [0.15, 0.2) is 41.3 Å². The van der Waals surface area contributed by atoms with Crippen LogP contribution in [0.25, 0.3) is 10.8 Å². The van der Waals surface area contributed by atoms with Crippen LogP contribution in [0.1, 0.15) is 38.5 Å². The lowest BCUT2D eigenvalue weighted by Crippen LogP contribution is -2.63. The van der Waals surface area contributed by atoms with Gasteiger partial charge in [-0.25, -0.2) is 3.63 Å². The summed E-state index contributed by atoms with van der Waals surface area (Å²) in [5.41, 5.74) is 0. The third-order valence-electron chi connectivity index (χ3n) is 8.43. The Bertz CT molecular complexity index is 1410. The highest BCUT2D eigenvalue weighted by Gasteiger charge is 2.86. The van der Waals surface area contributed by atoms with Crippen LogP contribution in [0.5, 0.6) is 5.75 Å². The van der Waals surface area contributed by atoms with Crippen molar-refractivity contribution in [2.24, 2.45) is 17.8 Å². The van der Waals surface area contributed by atoms with E-state index in [1.807, 2.05) is 0 Å². The molecule has 0 amide bonds. The second-order valence-electron chi connectivity index (χ2n) is 11.0. The van der Waals surface area contributed by atoms with E-state index in [-0.39, 0.29) is 29.2 Å². The highest BCUT2D eigenvalue weighted by molar-refractivity contribution is 8.33. The van der Waals surface area contributed by atoms with E-state index in [0.29, 0.717) is 40.9 Å². The molecule has 2 saturated carbocycles. The van der Waals surface area contributed by atoms with Crippen LogP contribution in [0.4, 0.5) is 39.5 Å². The molecule has 0 aromatic heterocycles. The molecule has 0 radical (unpaired) electrons. The van der Waals surface area contributed by atoms with Crippen molar-refractivity contribution in [1.29, 1.82) is 0 Å². The van der Waals surface area contributed by atoms with Crippen molar-refractivity contribution in [3.63, 3.8) is 0 Å². The molecule has 0 spiro atoms. The second kappa shape index (κ2) is 10.1. The molecule has 1 aliphatic heterocycles. The molecule has 2 bridgehead atoms. The van der Waals surface area contributed by atoms with Crippen molar-refractivity contribution in [2.45, 2.75) is 66.7 Å². The summed E-state index contributed by atoms with van der Waals surface area (Å²) in [4.78, 5) is 0.0724. The number of rotatable bonds is 9. The van der Waals surface area contributed by atoms with E-state index in [0.717, 1.165) is 19.3 Å². The zero-order valence-electron chi connectivity index (χ0n) is 21.4. The first-order valence-corrected chi connectivity index (χ1v) is 16.3. The summed E-state index contributed by atoms with van der Waals surface area (Å²) in [7, 11) is -10.4. The summed E-state index contributed by atoms with van der Waals surface area (Å²) in [5, 5.41) is -6.12. The van der Waals surface area contributed by atoms with Crippen LogP contribution < -0.4 is 4.74 Å². The van der Waals surface area contributed by atoms with Gasteiger partial charge in [0.15, 0.2) is 0 Å². The second-order valence-corrected chi connectivity index (χ2v) is 15.8. The van der Waals surface area contributed by atoms with Crippen molar-refractivity contribution in [3.05, 3.63) is 36.4 Å². The Morgan fingerprint density at radius 2 is 1.44 bits per heavy atom. The molecule has 2 aliphatic carbocycles. The first-order valence-electron chi connectivity index (χ1n) is 13.0. The lowest BCUT2D eigenvalue weighted by Gasteiger charge is -2.38. The average molecular weight is 639 g/mol. The fraction of sp³-hybridized carbons (Fsp3) is 0.615. The van der Waals surface area contributed by atoms with Gasteiger partial charge < -0.3 is 4.74 Å². The average Bonchev–Trinajstić information content (AvgIpc) is 3.64. The van der Waals surface area contributed by atoms with Gasteiger partial charge in [0.25, 0.3) is 0 Å². The van der Waals surface area contributed by atoms with Gasteiger partial charge >= 0.3 is 33.4 Å². The molecule has 3 atom stereocenters. The number of fused-ring (bicyclic) bond motifs is 3. The summed E-state index contributed by atoms with van der Waals surface area (Å²) in [6.07, 6.45) is -2.17. The van der Waals surface area contributed by atoms with E-state index < -0.39 is 43.7 Å². The third kappa shape index (κ3) is 4.87. The van der Waals surface area contributed by atoms with Crippen LogP contribution in [0.2, 0.25) is 0 Å². The van der Waals surface area contributed by atoms with E-state index >= 15 is 0 Å². The summed E-state index contributed by atoms with van der Waals surface area (Å²) in [6.45, 7) is 0.433. The van der Waals surface area contributed by atoms with E-state index in [1.54, 1.807) is 18.2 Å². The largest absolute Gasteiger partial charge is 0.493 e. The minimum atomic E-state index is -7.36. The van der Waals surface area contributed by atoms with E-state index in [1.165, 1.54) is 24.6 Å². The Morgan fingerprint density at radius 3 is 2.00 bits per heavy atom. The van der Waals surface area contributed by atoms with Crippen LogP contribution in [0.3, 0.4) is 0 Å². The molecule has 3 fully saturated rings. The van der Waals surface area contributed by atoms with Crippen molar-refractivity contribution >= 4 is 31.2 Å². The first kappa shape index (κ1) is 30.6. The summed E-state index contributed by atoms with van der Waals surface area (Å²) >= 11 is 0. The molecular weight excluding hydrogens is 611 g/mol. The Kier molecular flexibility index (Phi) is 7.54. The van der Waals surface area contributed by atoms with E-state index in [2.05, 4.69) is 0 Å². The van der Waals surface area contributed by atoms with Crippen molar-refractivity contribution < 1.29 is 56.3 Å².